The van der Waals surface area contributed by atoms with Crippen LogP contribution in [0, 0.1) is 5.82 Å². The first kappa shape index (κ1) is 10.8. The highest BCUT2D eigenvalue weighted by molar-refractivity contribution is 5.43. The molecule has 0 bridgehead atoms. The first-order valence-electron chi connectivity index (χ1n) is 4.36. The summed E-state index contributed by atoms with van der Waals surface area (Å²) in [7, 11) is 1.38. The van der Waals surface area contributed by atoms with Gasteiger partial charge >= 0.3 is 0 Å². The predicted molar refractivity (Wildman–Crippen MR) is 52.1 cm³/mol. The number of ether oxygens (including phenoxy) is 1. The number of hydrogen-bond donors (Lipinski definition) is 2. The summed E-state index contributed by atoms with van der Waals surface area (Å²) in [5.74, 6) is -0.455. The molecule has 1 atom stereocenters. The zero-order valence-electron chi connectivity index (χ0n) is 8.25. The average molecular weight is 199 g/mol. The van der Waals surface area contributed by atoms with E-state index in [0.29, 0.717) is 12.1 Å². The van der Waals surface area contributed by atoms with E-state index in [0.717, 1.165) is 6.07 Å². The summed E-state index contributed by atoms with van der Waals surface area (Å²) >= 11 is 0. The zero-order valence-corrected chi connectivity index (χ0v) is 8.25. The lowest BCUT2D eigenvalue weighted by atomic mass is 10.0. The fraction of sp³-hybridized carbons (Fsp3) is 0.400. The van der Waals surface area contributed by atoms with Gasteiger partial charge in [-0.2, -0.15) is 0 Å². The predicted octanol–water partition coefficient (Wildman–Crippen LogP) is 1.60. The monoisotopic (exact) mass is 199 g/mol. The van der Waals surface area contributed by atoms with Crippen molar-refractivity contribution in [3.05, 3.63) is 23.5 Å². The molecule has 0 aliphatic rings. The van der Waals surface area contributed by atoms with Gasteiger partial charge in [0.25, 0.3) is 0 Å². The number of benzene rings is 1. The van der Waals surface area contributed by atoms with Crippen molar-refractivity contribution in [2.75, 3.05) is 13.7 Å². The Morgan fingerprint density at radius 3 is 2.71 bits per heavy atom. The highest BCUT2D eigenvalue weighted by atomic mass is 19.1. The molecule has 0 heterocycles. The van der Waals surface area contributed by atoms with Gasteiger partial charge in [0, 0.05) is 6.07 Å². The van der Waals surface area contributed by atoms with Crippen molar-refractivity contribution in [3.8, 4) is 11.5 Å². The Morgan fingerprint density at radius 2 is 2.21 bits per heavy atom. The van der Waals surface area contributed by atoms with Gasteiger partial charge in [0.1, 0.15) is 5.82 Å². The second-order valence-electron chi connectivity index (χ2n) is 3.18. The van der Waals surface area contributed by atoms with Crippen LogP contribution in [0.3, 0.4) is 0 Å². The van der Waals surface area contributed by atoms with Crippen LogP contribution >= 0.6 is 0 Å². The van der Waals surface area contributed by atoms with E-state index < -0.39 is 5.82 Å². The van der Waals surface area contributed by atoms with Crippen LogP contribution in [-0.2, 0) is 0 Å². The van der Waals surface area contributed by atoms with Crippen molar-refractivity contribution in [1.29, 1.82) is 0 Å². The molecule has 3 nitrogen and oxygen atoms in total. The van der Waals surface area contributed by atoms with Crippen molar-refractivity contribution < 1.29 is 14.2 Å². The standard InChI is InChI=1S/C10H14FNO2/c1-6(5-12)7-3-9(13)10(14-2)4-8(7)11/h3-4,6,13H,5,12H2,1-2H3. The Hall–Kier alpha value is -1.29. The quantitative estimate of drug-likeness (QED) is 0.777. The van der Waals surface area contributed by atoms with Crippen molar-refractivity contribution in [3.63, 3.8) is 0 Å². The van der Waals surface area contributed by atoms with Crippen LogP contribution < -0.4 is 10.5 Å². The largest absolute Gasteiger partial charge is 0.504 e. The van der Waals surface area contributed by atoms with Gasteiger partial charge < -0.3 is 15.6 Å². The molecule has 0 amide bonds. The zero-order chi connectivity index (χ0) is 10.7. The third-order valence-corrected chi connectivity index (χ3v) is 2.18. The van der Waals surface area contributed by atoms with E-state index >= 15 is 0 Å². The molecule has 0 aromatic heterocycles. The minimum Gasteiger partial charge on any atom is -0.504 e. The molecule has 3 N–H and O–H groups in total. The number of methoxy groups -OCH3 is 1. The van der Waals surface area contributed by atoms with E-state index in [-0.39, 0.29) is 17.4 Å². The Morgan fingerprint density at radius 1 is 1.57 bits per heavy atom. The Kier molecular flexibility index (Phi) is 3.30. The first-order chi connectivity index (χ1) is 6.60. The lowest BCUT2D eigenvalue weighted by Gasteiger charge is -2.12. The van der Waals surface area contributed by atoms with Crippen LogP contribution in [0.15, 0.2) is 12.1 Å². The maximum absolute atomic E-state index is 13.4. The normalized spacial score (nSPS) is 12.6. The van der Waals surface area contributed by atoms with Gasteiger partial charge in [-0.3, -0.25) is 0 Å². The molecule has 1 aromatic rings. The molecule has 1 aromatic carbocycles. The average Bonchev–Trinajstić information content (AvgIpc) is 2.19. The van der Waals surface area contributed by atoms with Crippen LogP contribution in [0.2, 0.25) is 0 Å². The third-order valence-electron chi connectivity index (χ3n) is 2.18. The summed E-state index contributed by atoms with van der Waals surface area (Å²) in [5, 5.41) is 9.43. The molecule has 78 valence electrons. The van der Waals surface area contributed by atoms with Crippen LogP contribution in [0.4, 0.5) is 4.39 Å². The number of phenols is 1. The Balaban J connectivity index is 3.14. The molecule has 0 aliphatic heterocycles. The molecular formula is C10H14FNO2. The maximum atomic E-state index is 13.4. The second kappa shape index (κ2) is 4.28. The number of phenolic OH excluding ortho intramolecular Hbond substituents is 1. The van der Waals surface area contributed by atoms with Gasteiger partial charge in [0.15, 0.2) is 11.5 Å². The van der Waals surface area contributed by atoms with Crippen molar-refractivity contribution >= 4 is 0 Å². The van der Waals surface area contributed by atoms with E-state index in [1.807, 2.05) is 0 Å². The van der Waals surface area contributed by atoms with E-state index in [2.05, 4.69) is 0 Å². The molecule has 0 spiro atoms. The van der Waals surface area contributed by atoms with Gasteiger partial charge in [-0.25, -0.2) is 4.39 Å². The molecule has 4 heteroatoms. The molecule has 14 heavy (non-hydrogen) atoms. The number of rotatable bonds is 3. The number of nitrogens with two attached hydrogens (primary N) is 1. The fourth-order valence-electron chi connectivity index (χ4n) is 1.23. The Labute approximate surface area is 82.3 Å². The summed E-state index contributed by atoms with van der Waals surface area (Å²) in [6.07, 6.45) is 0. The molecule has 0 saturated carbocycles. The highest BCUT2D eigenvalue weighted by Gasteiger charge is 2.13. The summed E-state index contributed by atoms with van der Waals surface area (Å²) in [6.45, 7) is 2.13. The molecule has 1 unspecified atom stereocenters. The van der Waals surface area contributed by atoms with E-state index in [4.69, 9.17) is 10.5 Å². The molecule has 0 aliphatic carbocycles. The minimum atomic E-state index is -0.405. The number of aromatic hydroxyl groups is 1. The van der Waals surface area contributed by atoms with E-state index in [1.165, 1.54) is 13.2 Å². The summed E-state index contributed by atoms with van der Waals surface area (Å²) < 4.78 is 18.2. The first-order valence-corrected chi connectivity index (χ1v) is 4.36. The topological polar surface area (TPSA) is 55.5 Å². The second-order valence-corrected chi connectivity index (χ2v) is 3.18. The van der Waals surface area contributed by atoms with Gasteiger partial charge in [0.05, 0.1) is 7.11 Å². The molecule has 0 radical (unpaired) electrons. The molecular weight excluding hydrogens is 185 g/mol. The molecule has 0 fully saturated rings. The smallest absolute Gasteiger partial charge is 0.163 e. The Bertz CT molecular complexity index is 328. The minimum absolute atomic E-state index is 0.0656. The summed E-state index contributed by atoms with van der Waals surface area (Å²) in [4.78, 5) is 0. The van der Waals surface area contributed by atoms with Crippen LogP contribution in [0.1, 0.15) is 18.4 Å². The fourth-order valence-corrected chi connectivity index (χ4v) is 1.23. The van der Waals surface area contributed by atoms with Gasteiger partial charge in [-0.15, -0.1) is 0 Å². The van der Waals surface area contributed by atoms with Crippen LogP contribution in [0.25, 0.3) is 0 Å². The molecule has 0 saturated heterocycles. The molecule has 1 rings (SSSR count). The van der Waals surface area contributed by atoms with Crippen LogP contribution in [0.5, 0.6) is 11.5 Å². The third kappa shape index (κ3) is 1.96. The van der Waals surface area contributed by atoms with Crippen molar-refractivity contribution in [2.45, 2.75) is 12.8 Å². The lowest BCUT2D eigenvalue weighted by molar-refractivity contribution is 0.369. The highest BCUT2D eigenvalue weighted by Crippen LogP contribution is 2.31. The number of halogens is 1. The van der Waals surface area contributed by atoms with Gasteiger partial charge in [-0.05, 0) is 24.1 Å². The van der Waals surface area contributed by atoms with E-state index in [9.17, 15) is 9.50 Å². The van der Waals surface area contributed by atoms with E-state index in [1.54, 1.807) is 6.92 Å². The van der Waals surface area contributed by atoms with Crippen LogP contribution in [-0.4, -0.2) is 18.8 Å². The summed E-state index contributed by atoms with van der Waals surface area (Å²) in [6, 6.07) is 2.52. The van der Waals surface area contributed by atoms with Gasteiger partial charge in [0.2, 0.25) is 0 Å². The maximum Gasteiger partial charge on any atom is 0.163 e. The number of hydrogen-bond acceptors (Lipinski definition) is 3. The van der Waals surface area contributed by atoms with Crippen molar-refractivity contribution in [2.24, 2.45) is 5.73 Å². The lowest BCUT2D eigenvalue weighted by Crippen LogP contribution is -2.10. The SMILES string of the molecule is COc1cc(F)c(C(C)CN)cc1O. The van der Waals surface area contributed by atoms with Crippen molar-refractivity contribution in [1.82, 2.24) is 0 Å². The summed E-state index contributed by atoms with van der Waals surface area (Å²) in [5.41, 5.74) is 5.82. The van der Waals surface area contributed by atoms with Gasteiger partial charge in [-0.1, -0.05) is 6.92 Å².